The summed E-state index contributed by atoms with van der Waals surface area (Å²) < 4.78 is 21.3. The molecule has 0 bridgehead atoms. The Bertz CT molecular complexity index is 222. The number of rotatable bonds is 4. The van der Waals surface area contributed by atoms with Gasteiger partial charge < -0.3 is 9.47 Å². The van der Waals surface area contributed by atoms with Crippen molar-refractivity contribution in [2.24, 2.45) is 0 Å². The third-order valence-electron chi connectivity index (χ3n) is 1.00. The van der Waals surface area contributed by atoms with Gasteiger partial charge >= 0.3 is 11.9 Å². The maximum absolute atomic E-state index is 12.6. The Morgan fingerprint density at radius 3 is 2.23 bits per heavy atom. The van der Waals surface area contributed by atoms with Gasteiger partial charge in [-0.25, -0.2) is 9.59 Å². The van der Waals surface area contributed by atoms with Gasteiger partial charge in [-0.15, -0.1) is 0 Å². The molecule has 13 heavy (non-hydrogen) atoms. The van der Waals surface area contributed by atoms with E-state index in [0.717, 1.165) is 0 Å². The third kappa shape index (κ3) is 4.95. The lowest BCUT2D eigenvalue weighted by Crippen LogP contribution is -2.08. The smallest absolute Gasteiger partial charge is 0.367 e. The zero-order valence-corrected chi connectivity index (χ0v) is 7.50. The van der Waals surface area contributed by atoms with E-state index in [1.807, 2.05) is 0 Å². The Hall–Kier alpha value is -1.39. The van der Waals surface area contributed by atoms with Crippen molar-refractivity contribution < 1.29 is 23.5 Å². The third-order valence-corrected chi connectivity index (χ3v) is 1.00. The normalized spacial score (nSPS) is 10.8. The molecule has 0 aromatic rings. The summed E-state index contributed by atoms with van der Waals surface area (Å²) in [5, 5.41) is 0. The van der Waals surface area contributed by atoms with E-state index in [2.05, 4.69) is 9.47 Å². The zero-order chi connectivity index (χ0) is 10.3. The maximum atomic E-state index is 12.6. The van der Waals surface area contributed by atoms with Crippen molar-refractivity contribution in [3.63, 3.8) is 0 Å². The summed E-state index contributed by atoms with van der Waals surface area (Å²) >= 11 is 0. The molecule has 0 N–H and O–H groups in total. The lowest BCUT2D eigenvalue weighted by Gasteiger charge is -1.98. The molecule has 0 saturated carbocycles. The minimum atomic E-state index is -1.25. The lowest BCUT2D eigenvalue weighted by atomic mass is 10.4. The number of ether oxygens (including phenoxy) is 2. The van der Waals surface area contributed by atoms with Crippen LogP contribution in [0.25, 0.3) is 0 Å². The fraction of sp³-hybridized carbons (Fsp3) is 0.500. The first-order chi connectivity index (χ1) is 6.11. The summed E-state index contributed by atoms with van der Waals surface area (Å²) in [4.78, 5) is 21.2. The van der Waals surface area contributed by atoms with Crippen molar-refractivity contribution in [1.82, 2.24) is 0 Å². The zero-order valence-electron chi connectivity index (χ0n) is 7.50. The molecular weight excluding hydrogens is 179 g/mol. The fourth-order valence-electron chi connectivity index (χ4n) is 0.546. The lowest BCUT2D eigenvalue weighted by molar-refractivity contribution is -0.142. The average molecular weight is 190 g/mol. The molecule has 0 spiro atoms. The number of carbonyl (C=O) groups is 2. The van der Waals surface area contributed by atoms with Crippen molar-refractivity contribution >= 4 is 11.9 Å². The minimum Gasteiger partial charge on any atom is -0.463 e. The van der Waals surface area contributed by atoms with Gasteiger partial charge in [-0.2, -0.15) is 4.39 Å². The molecule has 74 valence electrons. The van der Waals surface area contributed by atoms with Gasteiger partial charge in [-0.05, 0) is 13.8 Å². The van der Waals surface area contributed by atoms with E-state index in [4.69, 9.17) is 0 Å². The molecular formula is C8H11FO4. The largest absolute Gasteiger partial charge is 0.463 e. The second kappa shape index (κ2) is 6.16. The first kappa shape index (κ1) is 11.6. The van der Waals surface area contributed by atoms with Crippen LogP contribution in [-0.4, -0.2) is 25.2 Å². The van der Waals surface area contributed by atoms with Crippen LogP contribution in [0.2, 0.25) is 0 Å². The first-order valence-corrected chi connectivity index (χ1v) is 3.82. The number of hydrogen-bond acceptors (Lipinski definition) is 4. The summed E-state index contributed by atoms with van der Waals surface area (Å²) in [6.07, 6.45) is 0.460. The van der Waals surface area contributed by atoms with Crippen molar-refractivity contribution in [1.29, 1.82) is 0 Å². The van der Waals surface area contributed by atoms with Gasteiger partial charge in [0.05, 0.1) is 19.3 Å². The van der Waals surface area contributed by atoms with E-state index in [9.17, 15) is 14.0 Å². The summed E-state index contributed by atoms with van der Waals surface area (Å²) in [5.74, 6) is -3.30. The van der Waals surface area contributed by atoms with Gasteiger partial charge in [-0.1, -0.05) is 0 Å². The predicted octanol–water partition coefficient (Wildman–Crippen LogP) is 0.966. The SMILES string of the molecule is CCOC(=O)/C=C(/F)C(=O)OCC. The highest BCUT2D eigenvalue weighted by molar-refractivity contribution is 5.94. The molecule has 0 amide bonds. The van der Waals surface area contributed by atoms with Gasteiger partial charge in [0, 0.05) is 0 Å². The van der Waals surface area contributed by atoms with Gasteiger partial charge in [0.15, 0.2) is 0 Å². The second-order valence-corrected chi connectivity index (χ2v) is 1.96. The summed E-state index contributed by atoms with van der Waals surface area (Å²) in [5.41, 5.74) is 0. The van der Waals surface area contributed by atoms with Crippen LogP contribution >= 0.6 is 0 Å². The highest BCUT2D eigenvalue weighted by Crippen LogP contribution is 2.00. The number of esters is 2. The summed E-state index contributed by atoms with van der Waals surface area (Å²) in [7, 11) is 0. The predicted molar refractivity (Wildman–Crippen MR) is 42.5 cm³/mol. The molecule has 0 heterocycles. The molecule has 0 rings (SSSR count). The summed E-state index contributed by atoms with van der Waals surface area (Å²) in [6, 6.07) is 0. The van der Waals surface area contributed by atoms with Gasteiger partial charge in [0.25, 0.3) is 0 Å². The molecule has 0 aromatic carbocycles. The van der Waals surface area contributed by atoms with E-state index in [1.54, 1.807) is 6.92 Å². The van der Waals surface area contributed by atoms with Crippen molar-refractivity contribution in [3.05, 3.63) is 11.9 Å². The average Bonchev–Trinajstić information content (AvgIpc) is 2.05. The molecule has 0 unspecified atom stereocenters. The maximum Gasteiger partial charge on any atom is 0.367 e. The van der Waals surface area contributed by atoms with Gasteiger partial charge in [0.2, 0.25) is 5.83 Å². The Morgan fingerprint density at radius 2 is 1.77 bits per heavy atom. The molecule has 4 nitrogen and oxygen atoms in total. The Morgan fingerprint density at radius 1 is 1.23 bits per heavy atom. The molecule has 0 saturated heterocycles. The molecule has 0 aromatic heterocycles. The van der Waals surface area contributed by atoms with Crippen LogP contribution in [0.4, 0.5) is 4.39 Å². The standard InChI is InChI=1S/C8H11FO4/c1-3-12-7(10)5-6(9)8(11)13-4-2/h5H,3-4H2,1-2H3/b6-5+. The molecule has 0 aliphatic carbocycles. The van der Waals surface area contributed by atoms with Crippen LogP contribution in [0.5, 0.6) is 0 Å². The molecule has 0 aliphatic rings. The summed E-state index contributed by atoms with van der Waals surface area (Å²) in [6.45, 7) is 3.30. The highest BCUT2D eigenvalue weighted by Gasteiger charge is 2.11. The monoisotopic (exact) mass is 190 g/mol. The van der Waals surface area contributed by atoms with E-state index < -0.39 is 17.8 Å². The quantitative estimate of drug-likeness (QED) is 0.489. The van der Waals surface area contributed by atoms with E-state index in [0.29, 0.717) is 6.08 Å². The van der Waals surface area contributed by atoms with Crippen LogP contribution in [-0.2, 0) is 19.1 Å². The van der Waals surface area contributed by atoms with Crippen LogP contribution in [0.1, 0.15) is 13.8 Å². The first-order valence-electron chi connectivity index (χ1n) is 3.82. The van der Waals surface area contributed by atoms with Crippen LogP contribution in [0.3, 0.4) is 0 Å². The molecule has 0 radical (unpaired) electrons. The van der Waals surface area contributed by atoms with Crippen LogP contribution in [0.15, 0.2) is 11.9 Å². The fourth-order valence-corrected chi connectivity index (χ4v) is 0.546. The minimum absolute atomic E-state index is 0.0585. The second-order valence-electron chi connectivity index (χ2n) is 1.96. The van der Waals surface area contributed by atoms with Crippen LogP contribution < -0.4 is 0 Å². The van der Waals surface area contributed by atoms with Gasteiger partial charge in [-0.3, -0.25) is 0 Å². The topological polar surface area (TPSA) is 52.6 Å². The number of hydrogen-bond donors (Lipinski definition) is 0. The van der Waals surface area contributed by atoms with Gasteiger partial charge in [0.1, 0.15) is 0 Å². The Balaban J connectivity index is 4.14. The number of halogens is 1. The van der Waals surface area contributed by atoms with Crippen LogP contribution in [0, 0.1) is 0 Å². The van der Waals surface area contributed by atoms with E-state index >= 15 is 0 Å². The molecule has 5 heteroatoms. The van der Waals surface area contributed by atoms with E-state index in [-0.39, 0.29) is 13.2 Å². The Kier molecular flexibility index (Phi) is 5.50. The molecule has 0 aliphatic heterocycles. The van der Waals surface area contributed by atoms with Crippen molar-refractivity contribution in [2.75, 3.05) is 13.2 Å². The highest BCUT2D eigenvalue weighted by atomic mass is 19.1. The van der Waals surface area contributed by atoms with Crippen molar-refractivity contribution in [2.45, 2.75) is 13.8 Å². The molecule has 0 fully saturated rings. The molecule has 0 atom stereocenters. The van der Waals surface area contributed by atoms with E-state index in [1.165, 1.54) is 6.92 Å². The Labute approximate surface area is 75.3 Å². The van der Waals surface area contributed by atoms with Crippen molar-refractivity contribution in [3.8, 4) is 0 Å². The number of carbonyl (C=O) groups excluding carboxylic acids is 2.